The molecule has 3 aliphatic carbocycles. The maximum absolute atomic E-state index is 10.8. The molecule has 13 heavy (non-hydrogen) atoms. The fourth-order valence-corrected chi connectivity index (χ4v) is 2.58. The minimum absolute atomic E-state index is 0.188. The van der Waals surface area contributed by atoms with Crippen molar-refractivity contribution < 1.29 is 9.53 Å². The molecule has 2 nitrogen and oxygen atoms in total. The Labute approximate surface area is 79.0 Å². The zero-order chi connectivity index (χ0) is 9.64. The summed E-state index contributed by atoms with van der Waals surface area (Å²) < 4.78 is 5.20. The molecule has 2 heteroatoms. The fourth-order valence-electron chi connectivity index (χ4n) is 2.58. The average Bonchev–Trinajstić information content (AvgIpc) is 2.03. The lowest BCUT2D eigenvalue weighted by atomic mass is 9.50. The summed E-state index contributed by atoms with van der Waals surface area (Å²) in [6.45, 7) is 6.00. The predicted octanol–water partition coefficient (Wildman–Crippen LogP) is 2.50. The van der Waals surface area contributed by atoms with Gasteiger partial charge >= 0.3 is 5.97 Å². The number of ether oxygens (including phenoxy) is 1. The van der Waals surface area contributed by atoms with Gasteiger partial charge in [-0.1, -0.05) is 13.8 Å². The van der Waals surface area contributed by atoms with Crippen molar-refractivity contribution in [2.75, 3.05) is 0 Å². The molecule has 72 valence electrons. The van der Waals surface area contributed by atoms with Crippen molar-refractivity contribution in [3.63, 3.8) is 0 Å². The molecule has 0 radical (unpaired) electrons. The SMILES string of the molecule is CC(=O)OC1=CCC2C[C@@H]1C2(C)C. The van der Waals surface area contributed by atoms with Crippen molar-refractivity contribution >= 4 is 5.97 Å². The molecular weight excluding hydrogens is 164 g/mol. The molecule has 0 aromatic rings. The quantitative estimate of drug-likeness (QED) is 0.579. The molecule has 3 aliphatic rings. The number of fused-ring (bicyclic) bond motifs is 1. The maximum Gasteiger partial charge on any atom is 0.307 e. The highest BCUT2D eigenvalue weighted by atomic mass is 16.5. The first-order chi connectivity index (χ1) is 6.01. The summed E-state index contributed by atoms with van der Waals surface area (Å²) >= 11 is 0. The summed E-state index contributed by atoms with van der Waals surface area (Å²) in [4.78, 5) is 10.8. The highest BCUT2D eigenvalue weighted by Gasteiger charge is 2.52. The molecule has 0 aromatic heterocycles. The zero-order valence-corrected chi connectivity index (χ0v) is 8.46. The molecule has 0 saturated heterocycles. The first-order valence-corrected chi connectivity index (χ1v) is 4.90. The molecule has 2 atom stereocenters. The van der Waals surface area contributed by atoms with Crippen LogP contribution in [0.2, 0.25) is 0 Å². The smallest absolute Gasteiger partial charge is 0.307 e. The van der Waals surface area contributed by atoms with Crippen LogP contribution in [-0.2, 0) is 9.53 Å². The molecule has 1 unspecified atom stereocenters. The number of allylic oxidation sites excluding steroid dienone is 2. The topological polar surface area (TPSA) is 26.3 Å². The Morgan fingerprint density at radius 3 is 2.77 bits per heavy atom. The Bertz CT molecular complexity index is 276. The van der Waals surface area contributed by atoms with Gasteiger partial charge in [0.1, 0.15) is 5.76 Å². The van der Waals surface area contributed by atoms with E-state index in [0.717, 1.165) is 18.1 Å². The largest absolute Gasteiger partial charge is 0.431 e. The molecule has 0 amide bonds. The Morgan fingerprint density at radius 1 is 1.62 bits per heavy atom. The lowest BCUT2D eigenvalue weighted by molar-refractivity contribution is -0.142. The summed E-state index contributed by atoms with van der Waals surface area (Å²) in [7, 11) is 0. The van der Waals surface area contributed by atoms with Crippen LogP contribution >= 0.6 is 0 Å². The van der Waals surface area contributed by atoms with Crippen LogP contribution in [0.25, 0.3) is 0 Å². The van der Waals surface area contributed by atoms with Gasteiger partial charge in [0.25, 0.3) is 0 Å². The van der Waals surface area contributed by atoms with Crippen LogP contribution in [0.3, 0.4) is 0 Å². The van der Waals surface area contributed by atoms with Gasteiger partial charge in [0.2, 0.25) is 0 Å². The Kier molecular flexibility index (Phi) is 1.76. The first kappa shape index (κ1) is 8.79. The van der Waals surface area contributed by atoms with Gasteiger partial charge in [0, 0.05) is 12.8 Å². The van der Waals surface area contributed by atoms with Crippen LogP contribution in [0.5, 0.6) is 0 Å². The monoisotopic (exact) mass is 180 g/mol. The van der Waals surface area contributed by atoms with Crippen LogP contribution in [0, 0.1) is 17.3 Å². The van der Waals surface area contributed by atoms with Gasteiger partial charge in [0.15, 0.2) is 0 Å². The number of rotatable bonds is 1. The van der Waals surface area contributed by atoms with E-state index in [2.05, 4.69) is 19.9 Å². The number of esters is 1. The van der Waals surface area contributed by atoms with E-state index in [9.17, 15) is 4.79 Å². The molecule has 1 saturated carbocycles. The first-order valence-electron chi connectivity index (χ1n) is 4.90. The van der Waals surface area contributed by atoms with Gasteiger partial charge in [0.05, 0.1) is 0 Å². The summed E-state index contributed by atoms with van der Waals surface area (Å²) in [5.74, 6) is 2.01. The molecule has 3 rings (SSSR count). The molecule has 0 spiro atoms. The minimum Gasteiger partial charge on any atom is -0.431 e. The number of carbonyl (C=O) groups excluding carboxylic acids is 1. The molecule has 0 aromatic carbocycles. The van der Waals surface area contributed by atoms with E-state index in [4.69, 9.17) is 4.74 Å². The van der Waals surface area contributed by atoms with Gasteiger partial charge in [-0.3, -0.25) is 4.79 Å². The summed E-state index contributed by atoms with van der Waals surface area (Å²) in [5.41, 5.74) is 0.347. The Morgan fingerprint density at radius 2 is 2.31 bits per heavy atom. The molecule has 2 bridgehead atoms. The normalized spacial score (nSPS) is 34.5. The highest BCUT2D eigenvalue weighted by Crippen LogP contribution is 2.59. The van der Waals surface area contributed by atoms with E-state index in [0.29, 0.717) is 11.3 Å². The standard InChI is InChI=1S/C11H16O2/c1-7(12)13-10-5-4-8-6-9(10)11(8,2)3/h5,8-9H,4,6H2,1-3H3/t8?,9-/m0/s1. The van der Waals surface area contributed by atoms with Crippen molar-refractivity contribution in [2.24, 2.45) is 17.3 Å². The highest BCUT2D eigenvalue weighted by molar-refractivity contribution is 5.67. The summed E-state index contributed by atoms with van der Waals surface area (Å²) in [5, 5.41) is 0. The van der Waals surface area contributed by atoms with Crippen LogP contribution in [0.1, 0.15) is 33.6 Å². The zero-order valence-electron chi connectivity index (χ0n) is 8.46. The summed E-state index contributed by atoms with van der Waals surface area (Å²) in [6.07, 6.45) is 4.36. The lowest BCUT2D eigenvalue weighted by Gasteiger charge is -2.55. The number of carbonyl (C=O) groups is 1. The van der Waals surface area contributed by atoms with Gasteiger partial charge in [-0.05, 0) is 30.3 Å². The maximum atomic E-state index is 10.8. The fraction of sp³-hybridized carbons (Fsp3) is 0.727. The van der Waals surface area contributed by atoms with Crippen LogP contribution in [-0.4, -0.2) is 5.97 Å². The Hall–Kier alpha value is -0.790. The van der Waals surface area contributed by atoms with E-state index in [1.165, 1.54) is 13.3 Å². The van der Waals surface area contributed by atoms with E-state index in [1.807, 2.05) is 0 Å². The molecule has 0 heterocycles. The van der Waals surface area contributed by atoms with Gasteiger partial charge < -0.3 is 4.74 Å². The number of hydrogen-bond acceptors (Lipinski definition) is 2. The molecule has 1 fully saturated rings. The summed E-state index contributed by atoms with van der Waals surface area (Å²) in [6, 6.07) is 0. The van der Waals surface area contributed by atoms with E-state index >= 15 is 0 Å². The Balaban J connectivity index is 2.14. The molecular formula is C11H16O2. The minimum atomic E-state index is -0.188. The predicted molar refractivity (Wildman–Crippen MR) is 49.8 cm³/mol. The third-order valence-corrected chi connectivity index (χ3v) is 3.68. The van der Waals surface area contributed by atoms with Crippen molar-refractivity contribution in [2.45, 2.75) is 33.6 Å². The van der Waals surface area contributed by atoms with Crippen molar-refractivity contribution in [1.29, 1.82) is 0 Å². The molecule has 0 N–H and O–H groups in total. The molecule has 0 aliphatic heterocycles. The van der Waals surface area contributed by atoms with Crippen LogP contribution < -0.4 is 0 Å². The second-order valence-electron chi connectivity index (χ2n) is 4.74. The van der Waals surface area contributed by atoms with Crippen molar-refractivity contribution in [1.82, 2.24) is 0 Å². The van der Waals surface area contributed by atoms with Crippen molar-refractivity contribution in [3.8, 4) is 0 Å². The average molecular weight is 180 g/mol. The van der Waals surface area contributed by atoms with E-state index in [1.54, 1.807) is 0 Å². The van der Waals surface area contributed by atoms with Crippen molar-refractivity contribution in [3.05, 3.63) is 11.8 Å². The third kappa shape index (κ3) is 1.19. The number of hydrogen-bond donors (Lipinski definition) is 0. The van der Waals surface area contributed by atoms with Gasteiger partial charge in [-0.15, -0.1) is 0 Å². The lowest BCUT2D eigenvalue weighted by Crippen LogP contribution is -2.48. The third-order valence-electron chi connectivity index (χ3n) is 3.68. The second-order valence-corrected chi connectivity index (χ2v) is 4.74. The van der Waals surface area contributed by atoms with Crippen LogP contribution in [0.15, 0.2) is 11.8 Å². The van der Waals surface area contributed by atoms with Crippen LogP contribution in [0.4, 0.5) is 0 Å². The van der Waals surface area contributed by atoms with E-state index in [-0.39, 0.29) is 5.97 Å². The van der Waals surface area contributed by atoms with Gasteiger partial charge in [-0.2, -0.15) is 0 Å². The second kappa shape index (κ2) is 2.60. The van der Waals surface area contributed by atoms with E-state index < -0.39 is 0 Å². The van der Waals surface area contributed by atoms with Gasteiger partial charge in [-0.25, -0.2) is 0 Å².